The van der Waals surface area contributed by atoms with Crippen molar-refractivity contribution in [1.29, 1.82) is 0 Å². The molecule has 0 aromatic heterocycles. The van der Waals surface area contributed by atoms with Crippen LogP contribution in [0.4, 0.5) is 0 Å². The Hall–Kier alpha value is -1.59. The van der Waals surface area contributed by atoms with Crippen molar-refractivity contribution in [3.8, 4) is 0 Å². The second kappa shape index (κ2) is 6.89. The molecule has 0 bridgehead atoms. The first-order chi connectivity index (χ1) is 11.1. The van der Waals surface area contributed by atoms with Crippen LogP contribution in [0.25, 0.3) is 0 Å². The summed E-state index contributed by atoms with van der Waals surface area (Å²) < 4.78 is 5.38. The van der Waals surface area contributed by atoms with E-state index in [0.717, 1.165) is 18.4 Å². The zero-order valence-electron chi connectivity index (χ0n) is 12.8. The van der Waals surface area contributed by atoms with Crippen LogP contribution in [-0.4, -0.2) is 48.2 Å². The second-order valence-electron chi connectivity index (χ2n) is 6.26. The maximum Gasteiger partial charge on any atom is 0.308 e. The third-order valence-electron chi connectivity index (χ3n) is 4.76. The van der Waals surface area contributed by atoms with Gasteiger partial charge in [0.05, 0.1) is 18.4 Å². The summed E-state index contributed by atoms with van der Waals surface area (Å²) >= 11 is 5.90. The van der Waals surface area contributed by atoms with E-state index in [1.807, 2.05) is 12.1 Å². The number of likely N-dealkylation sites (tertiary alicyclic amines) is 1. The van der Waals surface area contributed by atoms with E-state index in [9.17, 15) is 14.7 Å². The van der Waals surface area contributed by atoms with Crippen molar-refractivity contribution in [2.45, 2.75) is 18.8 Å². The van der Waals surface area contributed by atoms with Gasteiger partial charge in [0.1, 0.15) is 0 Å². The predicted molar refractivity (Wildman–Crippen MR) is 85.4 cm³/mol. The molecular formula is C17H20ClNO4. The van der Waals surface area contributed by atoms with E-state index in [2.05, 4.69) is 0 Å². The number of hydrogen-bond donors (Lipinski definition) is 1. The summed E-state index contributed by atoms with van der Waals surface area (Å²) in [5, 5.41) is 10.1. The first-order valence-electron chi connectivity index (χ1n) is 7.91. The molecule has 0 spiro atoms. The number of nitrogens with zero attached hydrogens (tertiary/aromatic N) is 1. The molecule has 0 saturated carbocycles. The van der Waals surface area contributed by atoms with Gasteiger partial charge in [0.25, 0.3) is 0 Å². The Morgan fingerprint density at radius 2 is 1.96 bits per heavy atom. The summed E-state index contributed by atoms with van der Waals surface area (Å²) in [5.41, 5.74) is 0.914. The molecule has 1 aromatic carbocycles. The number of carboxylic acid groups (broad SMARTS) is 1. The Labute approximate surface area is 140 Å². The fraction of sp³-hybridized carbons (Fsp3) is 0.529. The van der Waals surface area contributed by atoms with Crippen LogP contribution >= 0.6 is 11.6 Å². The first kappa shape index (κ1) is 16.3. The first-order valence-corrected chi connectivity index (χ1v) is 8.29. The number of amides is 1. The predicted octanol–water partition coefficient (Wildman–Crippen LogP) is 2.39. The molecule has 6 heteroatoms. The Balaban J connectivity index is 1.76. The number of hydrogen-bond acceptors (Lipinski definition) is 3. The third kappa shape index (κ3) is 3.51. The van der Waals surface area contributed by atoms with Crippen LogP contribution in [0.2, 0.25) is 5.02 Å². The molecule has 2 saturated heterocycles. The normalized spacial score (nSPS) is 27.9. The highest BCUT2D eigenvalue weighted by Crippen LogP contribution is 2.34. The van der Waals surface area contributed by atoms with E-state index < -0.39 is 11.9 Å². The number of carboxylic acids is 1. The highest BCUT2D eigenvalue weighted by molar-refractivity contribution is 6.30. The van der Waals surface area contributed by atoms with E-state index in [1.54, 1.807) is 17.0 Å². The number of halogens is 1. The standard InChI is InChI=1S/C17H20ClNO4/c18-13-5-3-11(4-6-13)14-8-19(9-15(14)17(21)22)16(20)12-2-1-7-23-10-12/h3-6,12,14-15H,1-2,7-10H2,(H,21,22)/t12?,14-,15+/m0/s1. The average molecular weight is 338 g/mol. The van der Waals surface area contributed by atoms with Gasteiger partial charge in [0, 0.05) is 30.6 Å². The van der Waals surface area contributed by atoms with Gasteiger partial charge in [-0.2, -0.15) is 0 Å². The van der Waals surface area contributed by atoms with Gasteiger partial charge >= 0.3 is 5.97 Å². The average Bonchev–Trinajstić information content (AvgIpc) is 3.01. The molecule has 1 N–H and O–H groups in total. The van der Waals surface area contributed by atoms with Crippen LogP contribution in [0.1, 0.15) is 24.3 Å². The van der Waals surface area contributed by atoms with Crippen LogP contribution < -0.4 is 0 Å². The minimum Gasteiger partial charge on any atom is -0.481 e. The summed E-state index contributed by atoms with van der Waals surface area (Å²) in [6.45, 7) is 1.85. The summed E-state index contributed by atoms with van der Waals surface area (Å²) in [6.07, 6.45) is 1.70. The molecule has 2 heterocycles. The molecule has 2 aliphatic rings. The van der Waals surface area contributed by atoms with E-state index in [0.29, 0.717) is 24.8 Å². The maximum atomic E-state index is 12.6. The quantitative estimate of drug-likeness (QED) is 0.919. The highest BCUT2D eigenvalue weighted by Gasteiger charge is 2.42. The molecule has 0 aliphatic carbocycles. The third-order valence-corrected chi connectivity index (χ3v) is 5.01. The smallest absolute Gasteiger partial charge is 0.308 e. The molecule has 3 atom stereocenters. The lowest BCUT2D eigenvalue weighted by Crippen LogP contribution is -2.38. The lowest BCUT2D eigenvalue weighted by Gasteiger charge is -2.26. The number of carbonyl (C=O) groups is 2. The molecule has 1 unspecified atom stereocenters. The van der Waals surface area contributed by atoms with E-state index in [1.165, 1.54) is 0 Å². The lowest BCUT2D eigenvalue weighted by molar-refractivity contribution is -0.142. The Kier molecular flexibility index (Phi) is 4.87. The van der Waals surface area contributed by atoms with E-state index in [-0.39, 0.29) is 24.3 Å². The van der Waals surface area contributed by atoms with Crippen LogP contribution in [0.15, 0.2) is 24.3 Å². The number of carbonyl (C=O) groups excluding carboxylic acids is 1. The van der Waals surface area contributed by atoms with Gasteiger partial charge < -0.3 is 14.7 Å². The summed E-state index contributed by atoms with van der Waals surface area (Å²) in [7, 11) is 0. The second-order valence-corrected chi connectivity index (χ2v) is 6.70. The Morgan fingerprint density at radius 1 is 1.22 bits per heavy atom. The number of ether oxygens (including phenoxy) is 1. The number of rotatable bonds is 3. The summed E-state index contributed by atoms with van der Waals surface area (Å²) in [4.78, 5) is 25.9. The molecule has 23 heavy (non-hydrogen) atoms. The van der Waals surface area contributed by atoms with Crippen molar-refractivity contribution in [3.63, 3.8) is 0 Å². The zero-order valence-corrected chi connectivity index (χ0v) is 13.5. The van der Waals surface area contributed by atoms with Gasteiger partial charge in [-0.3, -0.25) is 9.59 Å². The van der Waals surface area contributed by atoms with Crippen molar-refractivity contribution >= 4 is 23.5 Å². The maximum absolute atomic E-state index is 12.6. The largest absolute Gasteiger partial charge is 0.481 e. The monoisotopic (exact) mass is 337 g/mol. The van der Waals surface area contributed by atoms with Gasteiger partial charge in [-0.05, 0) is 30.5 Å². The molecular weight excluding hydrogens is 318 g/mol. The minimum absolute atomic E-state index is 0.0208. The molecule has 1 amide bonds. The van der Waals surface area contributed by atoms with Crippen LogP contribution in [-0.2, 0) is 14.3 Å². The zero-order chi connectivity index (χ0) is 16.4. The van der Waals surface area contributed by atoms with Gasteiger partial charge in [-0.1, -0.05) is 23.7 Å². The van der Waals surface area contributed by atoms with Crippen molar-refractivity contribution in [2.75, 3.05) is 26.3 Å². The van der Waals surface area contributed by atoms with E-state index >= 15 is 0 Å². The summed E-state index contributed by atoms with van der Waals surface area (Å²) in [5.74, 6) is -1.75. The number of aliphatic carboxylic acids is 1. The molecule has 2 aliphatic heterocycles. The number of benzene rings is 1. The van der Waals surface area contributed by atoms with Gasteiger partial charge in [-0.15, -0.1) is 0 Å². The van der Waals surface area contributed by atoms with E-state index in [4.69, 9.17) is 16.3 Å². The lowest BCUT2D eigenvalue weighted by atomic mass is 9.89. The molecule has 1 aromatic rings. The Morgan fingerprint density at radius 3 is 2.57 bits per heavy atom. The van der Waals surface area contributed by atoms with Gasteiger partial charge in [0.2, 0.25) is 5.91 Å². The topological polar surface area (TPSA) is 66.8 Å². The molecule has 5 nitrogen and oxygen atoms in total. The SMILES string of the molecule is O=C(O)[C@@H]1CN(C(=O)C2CCCOC2)C[C@H]1c1ccc(Cl)cc1. The molecule has 0 radical (unpaired) electrons. The van der Waals surface area contributed by atoms with Crippen molar-refractivity contribution in [3.05, 3.63) is 34.9 Å². The van der Waals surface area contributed by atoms with Gasteiger partial charge in [0.15, 0.2) is 0 Å². The van der Waals surface area contributed by atoms with Crippen LogP contribution in [0.3, 0.4) is 0 Å². The molecule has 3 rings (SSSR count). The fourth-order valence-corrected chi connectivity index (χ4v) is 3.60. The Bertz CT molecular complexity index is 583. The van der Waals surface area contributed by atoms with Gasteiger partial charge in [-0.25, -0.2) is 0 Å². The highest BCUT2D eigenvalue weighted by atomic mass is 35.5. The van der Waals surface area contributed by atoms with Crippen molar-refractivity contribution in [2.24, 2.45) is 11.8 Å². The van der Waals surface area contributed by atoms with Crippen LogP contribution in [0, 0.1) is 11.8 Å². The molecule has 2 fully saturated rings. The van der Waals surface area contributed by atoms with Crippen LogP contribution in [0.5, 0.6) is 0 Å². The summed E-state index contributed by atoms with van der Waals surface area (Å²) in [6, 6.07) is 7.21. The van der Waals surface area contributed by atoms with Crippen molar-refractivity contribution in [1.82, 2.24) is 4.90 Å². The van der Waals surface area contributed by atoms with Crippen molar-refractivity contribution < 1.29 is 19.4 Å². The fourth-order valence-electron chi connectivity index (χ4n) is 3.48. The molecule has 124 valence electrons. The minimum atomic E-state index is -0.861.